The topological polar surface area (TPSA) is 66.3 Å². The molecule has 0 fully saturated rings. The number of carbonyl (C=O) groups is 1. The molecule has 3 rings (SSSR count). The Labute approximate surface area is 120 Å². The van der Waals surface area contributed by atoms with Gasteiger partial charge in [0.2, 0.25) is 0 Å². The number of hydrogen-bond acceptors (Lipinski definition) is 3. The van der Waals surface area contributed by atoms with E-state index in [9.17, 15) is 9.59 Å². The first kappa shape index (κ1) is 13.2. The average molecular weight is 282 g/mol. The van der Waals surface area contributed by atoms with Crippen LogP contribution >= 0.6 is 0 Å². The number of fused-ring (bicyclic) bond motifs is 1. The number of hydrogen-bond donors (Lipinski definition) is 1. The van der Waals surface area contributed by atoms with Crippen LogP contribution in [0.5, 0.6) is 0 Å². The average Bonchev–Trinajstić information content (AvgIpc) is 2.86. The Morgan fingerprint density at radius 3 is 2.71 bits per heavy atom. The Kier molecular flexibility index (Phi) is 3.31. The zero-order valence-electron chi connectivity index (χ0n) is 11.5. The minimum Gasteiger partial charge on any atom is -0.408 e. The number of carbonyl (C=O) groups excluding carboxylic acids is 1. The van der Waals surface area contributed by atoms with Gasteiger partial charge in [-0.25, -0.2) is 4.79 Å². The van der Waals surface area contributed by atoms with E-state index in [1.165, 1.54) is 0 Å². The molecule has 1 aromatic heterocycles. The number of H-pyrrole nitrogens is 1. The van der Waals surface area contributed by atoms with Crippen molar-refractivity contribution in [3.05, 3.63) is 70.2 Å². The Hall–Kier alpha value is -2.82. The number of aromatic nitrogens is 1. The monoisotopic (exact) mass is 282 g/mol. The van der Waals surface area contributed by atoms with Crippen molar-refractivity contribution in [2.75, 3.05) is 7.05 Å². The summed E-state index contributed by atoms with van der Waals surface area (Å²) in [7, 11) is 1.74. The van der Waals surface area contributed by atoms with Crippen molar-refractivity contribution in [2.45, 2.75) is 6.54 Å². The van der Waals surface area contributed by atoms with E-state index in [0.717, 1.165) is 5.56 Å². The van der Waals surface area contributed by atoms with Crippen LogP contribution in [0.3, 0.4) is 0 Å². The van der Waals surface area contributed by atoms with Crippen molar-refractivity contribution in [1.29, 1.82) is 0 Å². The van der Waals surface area contributed by atoms with Gasteiger partial charge in [0, 0.05) is 19.2 Å². The van der Waals surface area contributed by atoms with E-state index in [0.29, 0.717) is 23.2 Å². The van der Waals surface area contributed by atoms with Crippen molar-refractivity contribution in [3.8, 4) is 0 Å². The van der Waals surface area contributed by atoms with Crippen LogP contribution in [0.15, 0.2) is 57.7 Å². The molecule has 106 valence electrons. The van der Waals surface area contributed by atoms with Gasteiger partial charge in [-0.05, 0) is 23.8 Å². The molecule has 1 amide bonds. The molecule has 0 aliphatic carbocycles. The molecule has 21 heavy (non-hydrogen) atoms. The zero-order valence-corrected chi connectivity index (χ0v) is 11.5. The molecule has 0 radical (unpaired) electrons. The lowest BCUT2D eigenvalue weighted by atomic mass is 10.1. The minimum atomic E-state index is -0.521. The number of oxazole rings is 1. The highest BCUT2D eigenvalue weighted by atomic mass is 16.4. The van der Waals surface area contributed by atoms with Gasteiger partial charge in [0.1, 0.15) is 0 Å². The number of nitrogens with zero attached hydrogens (tertiary/aromatic N) is 1. The van der Waals surface area contributed by atoms with Gasteiger partial charge in [-0.1, -0.05) is 30.3 Å². The molecule has 0 atom stereocenters. The summed E-state index contributed by atoms with van der Waals surface area (Å²) in [5.41, 5.74) is 2.52. The number of amides is 1. The third kappa shape index (κ3) is 2.72. The van der Waals surface area contributed by atoms with E-state index in [2.05, 4.69) is 4.98 Å². The summed E-state index contributed by atoms with van der Waals surface area (Å²) in [5.74, 6) is -0.642. The van der Waals surface area contributed by atoms with Gasteiger partial charge < -0.3 is 9.32 Å². The molecule has 1 heterocycles. The van der Waals surface area contributed by atoms with Crippen LogP contribution in [0.1, 0.15) is 15.9 Å². The number of rotatable bonds is 3. The second-order valence-electron chi connectivity index (χ2n) is 4.87. The highest BCUT2D eigenvalue weighted by Crippen LogP contribution is 2.14. The minimum absolute atomic E-state index is 0.121. The first-order chi connectivity index (χ1) is 10.1. The van der Waals surface area contributed by atoms with E-state index < -0.39 is 5.76 Å². The Balaban J connectivity index is 1.83. The lowest BCUT2D eigenvalue weighted by Gasteiger charge is -2.17. The van der Waals surface area contributed by atoms with Crippen molar-refractivity contribution in [3.63, 3.8) is 0 Å². The molecule has 0 spiro atoms. The first-order valence-corrected chi connectivity index (χ1v) is 6.56. The molecule has 0 aliphatic rings. The largest absolute Gasteiger partial charge is 0.417 e. The normalized spacial score (nSPS) is 10.7. The maximum absolute atomic E-state index is 12.4. The molecule has 0 unspecified atom stereocenters. The first-order valence-electron chi connectivity index (χ1n) is 6.56. The fraction of sp³-hybridized carbons (Fsp3) is 0.125. The van der Waals surface area contributed by atoms with E-state index >= 15 is 0 Å². The summed E-state index contributed by atoms with van der Waals surface area (Å²) in [5, 5.41) is 0. The zero-order chi connectivity index (χ0) is 14.8. The maximum Gasteiger partial charge on any atom is 0.417 e. The molecule has 0 saturated heterocycles. The SMILES string of the molecule is CN(Cc1ccccc1)C(=O)c1ccc2[nH]c(=O)oc2c1. The molecular weight excluding hydrogens is 268 g/mol. The fourth-order valence-corrected chi connectivity index (χ4v) is 2.23. The van der Waals surface area contributed by atoms with E-state index in [1.807, 2.05) is 30.3 Å². The second-order valence-corrected chi connectivity index (χ2v) is 4.87. The van der Waals surface area contributed by atoms with E-state index in [1.54, 1.807) is 30.1 Å². The Morgan fingerprint density at radius 1 is 1.19 bits per heavy atom. The van der Waals surface area contributed by atoms with E-state index in [-0.39, 0.29) is 5.91 Å². The summed E-state index contributed by atoms with van der Waals surface area (Å²) in [6, 6.07) is 14.7. The standard InChI is InChI=1S/C16H14N2O3/c1-18(10-11-5-3-2-4-6-11)15(19)12-7-8-13-14(9-12)21-16(20)17-13/h2-9H,10H2,1H3,(H,17,20). The smallest absolute Gasteiger partial charge is 0.408 e. The molecule has 1 N–H and O–H groups in total. The quantitative estimate of drug-likeness (QED) is 0.802. The van der Waals surface area contributed by atoms with Gasteiger partial charge in [-0.2, -0.15) is 0 Å². The molecule has 0 bridgehead atoms. The number of benzene rings is 2. The second kappa shape index (κ2) is 5.28. The third-order valence-corrected chi connectivity index (χ3v) is 3.28. The third-order valence-electron chi connectivity index (χ3n) is 3.28. The summed E-state index contributed by atoms with van der Waals surface area (Å²) >= 11 is 0. The van der Waals surface area contributed by atoms with Crippen LogP contribution in [0, 0.1) is 0 Å². The summed E-state index contributed by atoms with van der Waals surface area (Å²) in [6.07, 6.45) is 0. The lowest BCUT2D eigenvalue weighted by molar-refractivity contribution is 0.0785. The van der Waals surface area contributed by atoms with Crippen LogP contribution in [-0.4, -0.2) is 22.8 Å². The van der Waals surface area contributed by atoms with E-state index in [4.69, 9.17) is 4.42 Å². The number of aromatic amines is 1. The van der Waals surface area contributed by atoms with Gasteiger partial charge in [-0.15, -0.1) is 0 Å². The van der Waals surface area contributed by atoms with Gasteiger partial charge in [0.15, 0.2) is 5.58 Å². The van der Waals surface area contributed by atoms with Crippen LogP contribution in [0.2, 0.25) is 0 Å². The Bertz CT molecular complexity index is 833. The highest BCUT2D eigenvalue weighted by Gasteiger charge is 2.13. The molecular formula is C16H14N2O3. The summed E-state index contributed by atoms with van der Waals surface area (Å²) in [6.45, 7) is 0.523. The lowest BCUT2D eigenvalue weighted by Crippen LogP contribution is -2.26. The number of nitrogens with one attached hydrogen (secondary N) is 1. The van der Waals surface area contributed by atoms with Crippen LogP contribution in [0.4, 0.5) is 0 Å². The molecule has 3 aromatic rings. The summed E-state index contributed by atoms with van der Waals surface area (Å²) < 4.78 is 4.97. The van der Waals surface area contributed by atoms with Gasteiger partial charge in [0.05, 0.1) is 5.52 Å². The van der Waals surface area contributed by atoms with Crippen LogP contribution < -0.4 is 5.76 Å². The maximum atomic E-state index is 12.4. The molecule has 0 saturated carbocycles. The Morgan fingerprint density at radius 2 is 1.95 bits per heavy atom. The molecule has 5 nitrogen and oxygen atoms in total. The van der Waals surface area contributed by atoms with Crippen molar-refractivity contribution in [1.82, 2.24) is 9.88 Å². The van der Waals surface area contributed by atoms with Gasteiger partial charge in [-0.3, -0.25) is 9.78 Å². The predicted molar refractivity (Wildman–Crippen MR) is 79.1 cm³/mol. The molecule has 0 aliphatic heterocycles. The van der Waals surface area contributed by atoms with Crippen LogP contribution in [0.25, 0.3) is 11.1 Å². The van der Waals surface area contributed by atoms with Gasteiger partial charge >= 0.3 is 5.76 Å². The van der Waals surface area contributed by atoms with Crippen molar-refractivity contribution in [2.24, 2.45) is 0 Å². The summed E-state index contributed by atoms with van der Waals surface area (Å²) in [4.78, 5) is 27.7. The fourth-order valence-electron chi connectivity index (χ4n) is 2.23. The predicted octanol–water partition coefficient (Wildman–Crippen LogP) is 2.39. The van der Waals surface area contributed by atoms with Crippen molar-refractivity contribution >= 4 is 17.0 Å². The highest BCUT2D eigenvalue weighted by molar-refractivity contribution is 5.96. The van der Waals surface area contributed by atoms with Gasteiger partial charge in [0.25, 0.3) is 5.91 Å². The van der Waals surface area contributed by atoms with Crippen molar-refractivity contribution < 1.29 is 9.21 Å². The molecule has 2 aromatic carbocycles. The molecule has 5 heteroatoms. The van der Waals surface area contributed by atoms with Crippen LogP contribution in [-0.2, 0) is 6.54 Å².